The summed E-state index contributed by atoms with van der Waals surface area (Å²) in [7, 11) is 0. The van der Waals surface area contributed by atoms with Crippen LogP contribution in [0.5, 0.6) is 11.5 Å². The van der Waals surface area contributed by atoms with Crippen LogP contribution in [-0.4, -0.2) is 21.3 Å². The fraction of sp³-hybridized carbons (Fsp3) is 0.400. The van der Waals surface area contributed by atoms with Crippen molar-refractivity contribution < 1.29 is 10.2 Å². The van der Waals surface area contributed by atoms with Crippen molar-refractivity contribution >= 4 is 11.4 Å². The average molecular weight is 328 g/mol. The molecule has 2 rings (SSSR count). The average Bonchev–Trinajstić information content (AvgIpc) is 2.40. The molecule has 0 atom stereocenters. The zero-order valence-corrected chi connectivity index (χ0v) is 15.4. The van der Waals surface area contributed by atoms with Crippen LogP contribution in [0.3, 0.4) is 0 Å². The number of anilines is 2. The highest BCUT2D eigenvalue weighted by molar-refractivity contribution is 5.74. The van der Waals surface area contributed by atoms with Crippen molar-refractivity contribution in [1.82, 2.24) is 0 Å². The van der Waals surface area contributed by atoms with Gasteiger partial charge in [-0.1, -0.05) is 12.1 Å². The van der Waals surface area contributed by atoms with Crippen molar-refractivity contribution in [2.75, 3.05) is 10.6 Å². The van der Waals surface area contributed by atoms with Crippen molar-refractivity contribution in [3.05, 3.63) is 36.4 Å². The molecule has 4 nitrogen and oxygen atoms in total. The third-order valence-electron chi connectivity index (χ3n) is 3.35. The van der Waals surface area contributed by atoms with Gasteiger partial charge in [-0.25, -0.2) is 0 Å². The highest BCUT2D eigenvalue weighted by atomic mass is 16.3. The minimum Gasteiger partial charge on any atom is -0.506 e. The van der Waals surface area contributed by atoms with Gasteiger partial charge in [0.2, 0.25) is 0 Å². The van der Waals surface area contributed by atoms with Crippen LogP contribution in [0, 0.1) is 0 Å². The fourth-order valence-electron chi connectivity index (χ4n) is 2.44. The van der Waals surface area contributed by atoms with E-state index >= 15 is 0 Å². The molecule has 0 heterocycles. The standard InChI is InChI=1S/C20H28N2O2/c1-19(2,3)21-15-9-7-13(11-17(15)23)14-8-10-16(18(24)12-14)22-20(4,5)6/h7-12,21-24H,1-6H3. The summed E-state index contributed by atoms with van der Waals surface area (Å²) in [5.41, 5.74) is 2.84. The highest BCUT2D eigenvalue weighted by Crippen LogP contribution is 2.35. The summed E-state index contributed by atoms with van der Waals surface area (Å²) in [6.07, 6.45) is 0. The van der Waals surface area contributed by atoms with Gasteiger partial charge < -0.3 is 20.8 Å². The van der Waals surface area contributed by atoms with Crippen LogP contribution in [-0.2, 0) is 0 Å². The number of phenols is 2. The SMILES string of the molecule is CC(C)(C)Nc1ccc(-c2ccc(NC(C)(C)C)c(O)c2)cc1O. The van der Waals surface area contributed by atoms with Crippen LogP contribution in [0.25, 0.3) is 11.1 Å². The molecule has 2 aromatic carbocycles. The number of hydrogen-bond acceptors (Lipinski definition) is 4. The van der Waals surface area contributed by atoms with Gasteiger partial charge in [-0.05, 0) is 76.9 Å². The second kappa shape index (κ2) is 6.27. The van der Waals surface area contributed by atoms with Crippen LogP contribution in [0.15, 0.2) is 36.4 Å². The first kappa shape index (κ1) is 18.0. The molecule has 2 aromatic rings. The maximum absolute atomic E-state index is 10.3. The maximum atomic E-state index is 10.3. The monoisotopic (exact) mass is 328 g/mol. The minimum absolute atomic E-state index is 0.127. The van der Waals surface area contributed by atoms with Gasteiger partial charge in [0.05, 0.1) is 11.4 Å². The molecule has 0 saturated carbocycles. The van der Waals surface area contributed by atoms with Crippen molar-refractivity contribution in [2.24, 2.45) is 0 Å². The van der Waals surface area contributed by atoms with E-state index in [0.717, 1.165) is 11.1 Å². The normalized spacial score (nSPS) is 12.1. The molecule has 130 valence electrons. The molecule has 0 aliphatic carbocycles. The van der Waals surface area contributed by atoms with Crippen LogP contribution < -0.4 is 10.6 Å². The Morgan fingerprint density at radius 3 is 1.21 bits per heavy atom. The largest absolute Gasteiger partial charge is 0.506 e. The lowest BCUT2D eigenvalue weighted by molar-refractivity contribution is 0.473. The van der Waals surface area contributed by atoms with Crippen LogP contribution in [0.4, 0.5) is 11.4 Å². The van der Waals surface area contributed by atoms with Crippen LogP contribution in [0.2, 0.25) is 0 Å². The highest BCUT2D eigenvalue weighted by Gasteiger charge is 2.15. The Bertz CT molecular complexity index is 662. The summed E-state index contributed by atoms with van der Waals surface area (Å²) < 4.78 is 0. The van der Waals surface area contributed by atoms with Gasteiger partial charge in [0.1, 0.15) is 11.5 Å². The second-order valence-electron chi connectivity index (χ2n) is 8.21. The van der Waals surface area contributed by atoms with E-state index in [9.17, 15) is 10.2 Å². The van der Waals surface area contributed by atoms with Gasteiger partial charge in [0, 0.05) is 11.1 Å². The Morgan fingerprint density at radius 1 is 0.625 bits per heavy atom. The zero-order chi connectivity index (χ0) is 18.1. The maximum Gasteiger partial charge on any atom is 0.139 e. The van der Waals surface area contributed by atoms with E-state index in [1.54, 1.807) is 12.1 Å². The van der Waals surface area contributed by atoms with E-state index in [-0.39, 0.29) is 22.6 Å². The molecule has 0 fully saturated rings. The molecule has 4 N–H and O–H groups in total. The molecule has 0 saturated heterocycles. The van der Waals surface area contributed by atoms with Crippen molar-refractivity contribution in [3.8, 4) is 22.6 Å². The molecule has 0 aliphatic rings. The predicted molar refractivity (Wildman–Crippen MR) is 102 cm³/mol. The lowest BCUT2D eigenvalue weighted by atomic mass is 10.0. The van der Waals surface area contributed by atoms with Gasteiger partial charge in [-0.3, -0.25) is 0 Å². The Hall–Kier alpha value is -2.36. The van der Waals surface area contributed by atoms with Crippen LogP contribution in [0.1, 0.15) is 41.5 Å². The summed E-state index contributed by atoms with van der Waals surface area (Å²) in [4.78, 5) is 0. The Labute approximate surface area is 144 Å². The first-order valence-corrected chi connectivity index (χ1v) is 8.17. The summed E-state index contributed by atoms with van der Waals surface area (Å²) in [5.74, 6) is 0.387. The number of nitrogens with one attached hydrogen (secondary N) is 2. The summed E-state index contributed by atoms with van der Waals surface area (Å²) in [6, 6.07) is 11.0. The molecule has 4 heteroatoms. The molecule has 0 radical (unpaired) electrons. The van der Waals surface area contributed by atoms with Crippen molar-refractivity contribution in [2.45, 2.75) is 52.6 Å². The van der Waals surface area contributed by atoms with Gasteiger partial charge >= 0.3 is 0 Å². The third kappa shape index (κ3) is 4.82. The van der Waals surface area contributed by atoms with Crippen molar-refractivity contribution in [3.63, 3.8) is 0 Å². The van der Waals surface area contributed by atoms with Gasteiger partial charge in [-0.2, -0.15) is 0 Å². The lowest BCUT2D eigenvalue weighted by Crippen LogP contribution is -2.26. The molecule has 0 amide bonds. The lowest BCUT2D eigenvalue weighted by Gasteiger charge is -2.23. The third-order valence-corrected chi connectivity index (χ3v) is 3.35. The topological polar surface area (TPSA) is 64.5 Å². The van der Waals surface area contributed by atoms with Gasteiger partial charge in [0.15, 0.2) is 0 Å². The van der Waals surface area contributed by atoms with Gasteiger partial charge in [0.25, 0.3) is 0 Å². The molecule has 24 heavy (non-hydrogen) atoms. The summed E-state index contributed by atoms with van der Waals surface area (Å²) in [6.45, 7) is 12.2. The molecule has 0 spiro atoms. The smallest absolute Gasteiger partial charge is 0.139 e. The van der Waals surface area contributed by atoms with E-state index in [1.807, 2.05) is 65.8 Å². The second-order valence-corrected chi connectivity index (χ2v) is 8.21. The number of rotatable bonds is 3. The van der Waals surface area contributed by atoms with E-state index < -0.39 is 0 Å². The minimum atomic E-state index is -0.127. The molecule has 0 aromatic heterocycles. The Kier molecular flexibility index (Phi) is 4.70. The summed E-state index contributed by atoms with van der Waals surface area (Å²) >= 11 is 0. The van der Waals surface area contributed by atoms with E-state index in [0.29, 0.717) is 11.4 Å². The predicted octanol–water partition coefficient (Wildman–Crippen LogP) is 5.19. The molecule has 0 unspecified atom stereocenters. The first-order chi connectivity index (χ1) is 10.9. The Morgan fingerprint density at radius 2 is 0.958 bits per heavy atom. The molecular weight excluding hydrogens is 300 g/mol. The van der Waals surface area contributed by atoms with Crippen molar-refractivity contribution in [1.29, 1.82) is 0 Å². The van der Waals surface area contributed by atoms with Gasteiger partial charge in [-0.15, -0.1) is 0 Å². The number of aromatic hydroxyl groups is 2. The molecule has 0 bridgehead atoms. The fourth-order valence-corrected chi connectivity index (χ4v) is 2.44. The number of hydrogen-bond donors (Lipinski definition) is 4. The molecule has 0 aliphatic heterocycles. The quantitative estimate of drug-likeness (QED) is 0.586. The molecular formula is C20H28N2O2. The number of benzene rings is 2. The number of phenolic OH excluding ortho intramolecular Hbond substituents is 2. The van der Waals surface area contributed by atoms with E-state index in [1.165, 1.54) is 0 Å². The van der Waals surface area contributed by atoms with E-state index in [2.05, 4.69) is 10.6 Å². The van der Waals surface area contributed by atoms with Crippen LogP contribution >= 0.6 is 0 Å². The summed E-state index contributed by atoms with van der Waals surface area (Å²) in [5, 5.41) is 27.0. The zero-order valence-electron chi connectivity index (χ0n) is 15.4. The Balaban J connectivity index is 2.29. The van der Waals surface area contributed by atoms with E-state index in [4.69, 9.17) is 0 Å². The first-order valence-electron chi connectivity index (χ1n) is 8.17.